The maximum atomic E-state index is 11.9. The van der Waals surface area contributed by atoms with Gasteiger partial charge in [0.05, 0.1) is 5.52 Å². The Morgan fingerprint density at radius 1 is 1.20 bits per heavy atom. The molecule has 15 heavy (non-hydrogen) atoms. The summed E-state index contributed by atoms with van der Waals surface area (Å²) in [5.41, 5.74) is 1.73. The summed E-state index contributed by atoms with van der Waals surface area (Å²) in [7, 11) is 5.56. The number of aromatic nitrogens is 1. The number of pyridine rings is 1. The normalized spacial score (nSPS) is 10.6. The van der Waals surface area contributed by atoms with Gasteiger partial charge in [-0.2, -0.15) is 0 Å². The second kappa shape index (κ2) is 3.42. The highest BCUT2D eigenvalue weighted by atomic mass is 16.1. The van der Waals surface area contributed by atoms with Crippen LogP contribution in [0.2, 0.25) is 0 Å². The van der Waals surface area contributed by atoms with Crippen molar-refractivity contribution in [3.63, 3.8) is 0 Å². The van der Waals surface area contributed by atoms with E-state index in [1.807, 2.05) is 49.3 Å². The molecule has 0 aliphatic rings. The first-order chi connectivity index (χ1) is 7.11. The van der Waals surface area contributed by atoms with Crippen molar-refractivity contribution in [2.45, 2.75) is 0 Å². The van der Waals surface area contributed by atoms with Gasteiger partial charge in [-0.15, -0.1) is 0 Å². The van der Waals surface area contributed by atoms with Gasteiger partial charge in [-0.1, -0.05) is 18.2 Å². The SMILES string of the molecule is CN(C)c1cc2ccccc2n(C)c1=O. The van der Waals surface area contributed by atoms with Crippen LogP contribution < -0.4 is 10.5 Å². The van der Waals surface area contributed by atoms with Crippen LogP contribution in [-0.4, -0.2) is 18.7 Å². The summed E-state index contributed by atoms with van der Waals surface area (Å²) in [6, 6.07) is 9.82. The van der Waals surface area contributed by atoms with Crippen molar-refractivity contribution in [1.82, 2.24) is 4.57 Å². The second-order valence-corrected chi connectivity index (χ2v) is 3.85. The van der Waals surface area contributed by atoms with Crippen molar-refractivity contribution >= 4 is 16.6 Å². The quantitative estimate of drug-likeness (QED) is 0.702. The van der Waals surface area contributed by atoms with E-state index in [1.165, 1.54) is 0 Å². The van der Waals surface area contributed by atoms with Gasteiger partial charge in [-0.25, -0.2) is 0 Å². The first-order valence-electron chi connectivity index (χ1n) is 4.87. The van der Waals surface area contributed by atoms with Crippen LogP contribution >= 0.6 is 0 Å². The number of rotatable bonds is 1. The lowest BCUT2D eigenvalue weighted by molar-refractivity contribution is 0.894. The summed E-state index contributed by atoms with van der Waals surface area (Å²) in [6.45, 7) is 0. The highest BCUT2D eigenvalue weighted by Gasteiger charge is 2.06. The summed E-state index contributed by atoms with van der Waals surface area (Å²) in [5.74, 6) is 0. The molecule has 0 fully saturated rings. The molecule has 0 saturated heterocycles. The average Bonchev–Trinajstić information content (AvgIpc) is 2.23. The van der Waals surface area contributed by atoms with Crippen molar-refractivity contribution in [2.75, 3.05) is 19.0 Å². The Balaban J connectivity index is 2.89. The van der Waals surface area contributed by atoms with Crippen LogP contribution in [0.1, 0.15) is 0 Å². The number of anilines is 1. The number of fused-ring (bicyclic) bond motifs is 1. The lowest BCUT2D eigenvalue weighted by atomic mass is 10.2. The fourth-order valence-electron chi connectivity index (χ4n) is 1.73. The minimum Gasteiger partial charge on any atom is -0.373 e. The largest absolute Gasteiger partial charge is 0.373 e. The highest BCUT2D eigenvalue weighted by Crippen LogP contribution is 2.15. The number of para-hydroxylation sites is 1. The van der Waals surface area contributed by atoms with Crippen LogP contribution in [0, 0.1) is 0 Å². The monoisotopic (exact) mass is 202 g/mol. The second-order valence-electron chi connectivity index (χ2n) is 3.85. The molecule has 0 saturated carbocycles. The molecule has 3 heteroatoms. The number of nitrogens with zero attached hydrogens (tertiary/aromatic N) is 2. The van der Waals surface area contributed by atoms with Gasteiger partial charge in [0.2, 0.25) is 0 Å². The van der Waals surface area contributed by atoms with Gasteiger partial charge >= 0.3 is 0 Å². The van der Waals surface area contributed by atoms with Gasteiger partial charge in [0.15, 0.2) is 0 Å². The Morgan fingerprint density at radius 3 is 2.53 bits per heavy atom. The van der Waals surface area contributed by atoms with Crippen molar-refractivity contribution in [2.24, 2.45) is 7.05 Å². The van der Waals surface area contributed by atoms with E-state index in [-0.39, 0.29) is 5.56 Å². The van der Waals surface area contributed by atoms with Gasteiger partial charge in [0.25, 0.3) is 5.56 Å². The molecule has 0 aliphatic carbocycles. The molecular weight excluding hydrogens is 188 g/mol. The van der Waals surface area contributed by atoms with Gasteiger partial charge in [0, 0.05) is 26.5 Å². The van der Waals surface area contributed by atoms with Crippen LogP contribution in [0.5, 0.6) is 0 Å². The molecule has 0 unspecified atom stereocenters. The van der Waals surface area contributed by atoms with Gasteiger partial charge in [0.1, 0.15) is 5.69 Å². The van der Waals surface area contributed by atoms with Gasteiger partial charge < -0.3 is 9.47 Å². The van der Waals surface area contributed by atoms with E-state index >= 15 is 0 Å². The Labute approximate surface area is 88.6 Å². The molecule has 0 atom stereocenters. The predicted octanol–water partition coefficient (Wildman–Crippen LogP) is 1.60. The Kier molecular flexibility index (Phi) is 2.23. The molecule has 0 radical (unpaired) electrons. The van der Waals surface area contributed by atoms with E-state index in [0.717, 1.165) is 16.6 Å². The molecule has 2 aromatic rings. The summed E-state index contributed by atoms with van der Waals surface area (Å²) in [4.78, 5) is 13.8. The molecule has 3 nitrogen and oxygen atoms in total. The number of hydrogen-bond donors (Lipinski definition) is 0. The molecule has 1 aromatic carbocycles. The number of benzene rings is 1. The zero-order valence-electron chi connectivity index (χ0n) is 9.19. The van der Waals surface area contributed by atoms with E-state index in [2.05, 4.69) is 0 Å². The predicted molar refractivity (Wildman–Crippen MR) is 63.5 cm³/mol. The summed E-state index contributed by atoms with van der Waals surface area (Å²) >= 11 is 0. The van der Waals surface area contributed by atoms with Gasteiger partial charge in [-0.05, 0) is 12.1 Å². The van der Waals surface area contributed by atoms with Crippen molar-refractivity contribution in [3.8, 4) is 0 Å². The van der Waals surface area contributed by atoms with E-state index < -0.39 is 0 Å². The van der Waals surface area contributed by atoms with Crippen LogP contribution in [0.25, 0.3) is 10.9 Å². The molecule has 0 aliphatic heterocycles. The first kappa shape index (κ1) is 9.77. The summed E-state index contributed by atoms with van der Waals surface area (Å²) in [5, 5.41) is 1.09. The van der Waals surface area contributed by atoms with Crippen LogP contribution in [0.15, 0.2) is 35.1 Å². The molecule has 1 heterocycles. The standard InChI is InChI=1S/C12H14N2O/c1-13(2)11-8-9-6-4-5-7-10(9)14(3)12(11)15/h4-8H,1-3H3. The van der Waals surface area contributed by atoms with Crippen molar-refractivity contribution < 1.29 is 0 Å². The van der Waals surface area contributed by atoms with Crippen molar-refractivity contribution in [3.05, 3.63) is 40.7 Å². The lowest BCUT2D eigenvalue weighted by Crippen LogP contribution is -2.25. The molecule has 0 spiro atoms. The zero-order chi connectivity index (χ0) is 11.0. The summed E-state index contributed by atoms with van der Waals surface area (Å²) in [6.07, 6.45) is 0. The molecule has 78 valence electrons. The Morgan fingerprint density at radius 2 is 1.87 bits per heavy atom. The van der Waals surface area contributed by atoms with Crippen LogP contribution in [0.4, 0.5) is 5.69 Å². The Bertz CT molecular complexity index is 555. The molecule has 0 amide bonds. The third-order valence-electron chi connectivity index (χ3n) is 2.60. The minimum absolute atomic E-state index is 0.0405. The van der Waals surface area contributed by atoms with Crippen LogP contribution in [0.3, 0.4) is 0 Å². The van der Waals surface area contributed by atoms with Crippen molar-refractivity contribution in [1.29, 1.82) is 0 Å². The third kappa shape index (κ3) is 1.50. The smallest absolute Gasteiger partial charge is 0.274 e. The van der Waals surface area contributed by atoms with Gasteiger partial charge in [-0.3, -0.25) is 4.79 Å². The fraction of sp³-hybridized carbons (Fsp3) is 0.250. The number of hydrogen-bond acceptors (Lipinski definition) is 2. The van der Waals surface area contributed by atoms with E-state index in [4.69, 9.17) is 0 Å². The zero-order valence-corrected chi connectivity index (χ0v) is 9.19. The molecule has 2 rings (SSSR count). The minimum atomic E-state index is 0.0405. The average molecular weight is 202 g/mol. The maximum Gasteiger partial charge on any atom is 0.274 e. The topological polar surface area (TPSA) is 25.2 Å². The molecular formula is C12H14N2O. The van der Waals surface area contributed by atoms with E-state index in [1.54, 1.807) is 11.6 Å². The van der Waals surface area contributed by atoms with E-state index in [0.29, 0.717) is 0 Å². The third-order valence-corrected chi connectivity index (χ3v) is 2.60. The summed E-state index contributed by atoms with van der Waals surface area (Å²) < 4.78 is 1.69. The number of aryl methyl sites for hydroxylation is 1. The lowest BCUT2D eigenvalue weighted by Gasteiger charge is -2.14. The Hall–Kier alpha value is -1.77. The first-order valence-corrected chi connectivity index (χ1v) is 4.87. The molecule has 0 N–H and O–H groups in total. The maximum absolute atomic E-state index is 11.9. The molecule has 1 aromatic heterocycles. The molecule has 0 bridgehead atoms. The highest BCUT2D eigenvalue weighted by molar-refractivity contribution is 5.82. The van der Waals surface area contributed by atoms with Crippen LogP contribution in [-0.2, 0) is 7.05 Å². The fourth-order valence-corrected chi connectivity index (χ4v) is 1.73. The van der Waals surface area contributed by atoms with E-state index in [9.17, 15) is 4.79 Å².